The molecule has 0 aliphatic rings. The summed E-state index contributed by atoms with van der Waals surface area (Å²) in [6.07, 6.45) is -4.05. The van der Waals surface area contributed by atoms with Crippen LogP contribution in [0.1, 0.15) is 16.2 Å². The second-order valence-corrected chi connectivity index (χ2v) is 5.36. The Morgan fingerprint density at radius 3 is 2.46 bits per heavy atom. The zero-order valence-electron chi connectivity index (χ0n) is 14.0. The Labute approximate surface area is 154 Å². The second kappa shape index (κ2) is 7.06. The number of methoxy groups -OCH3 is 1. The number of carbonyl (C=O) groups excluding carboxylic acids is 1. The lowest BCUT2D eigenvalue weighted by Gasteiger charge is -2.10. The van der Waals surface area contributed by atoms with Crippen LogP contribution < -0.4 is 0 Å². The van der Waals surface area contributed by atoms with Crippen LogP contribution in [-0.2, 0) is 10.9 Å². The average Bonchev–Trinajstić information content (AvgIpc) is 3.13. The molecule has 0 saturated carbocycles. The Bertz CT molecular complexity index is 1050. The maximum absolute atomic E-state index is 13.3. The van der Waals surface area contributed by atoms with Crippen molar-refractivity contribution in [3.8, 4) is 17.2 Å². The van der Waals surface area contributed by atoms with Crippen LogP contribution in [0.4, 0.5) is 18.9 Å². The molecule has 0 N–H and O–H groups in total. The first-order valence-electron chi connectivity index (χ1n) is 7.55. The molecule has 1 aromatic carbocycles. The first kappa shape index (κ1) is 18.9. The summed E-state index contributed by atoms with van der Waals surface area (Å²) in [7, 11) is 0.985. The van der Waals surface area contributed by atoms with Crippen LogP contribution >= 0.6 is 0 Å². The second-order valence-electron chi connectivity index (χ2n) is 5.36. The van der Waals surface area contributed by atoms with Crippen molar-refractivity contribution in [2.24, 2.45) is 0 Å². The molecule has 0 fully saturated rings. The standard InChI is InChI=1S/C16H10F3N5O4/c1-28-14(25)13-11(24(26)27)8-23(22-13)15-20-10(9-5-3-2-4-6-9)7-12(21-15)16(17,18)19/h2-8H,1H3. The molecule has 0 spiro atoms. The molecule has 9 nitrogen and oxygen atoms in total. The largest absolute Gasteiger partial charge is 0.464 e. The van der Waals surface area contributed by atoms with Gasteiger partial charge in [-0.1, -0.05) is 30.3 Å². The van der Waals surface area contributed by atoms with E-state index in [0.29, 0.717) is 10.2 Å². The lowest BCUT2D eigenvalue weighted by atomic mass is 10.1. The van der Waals surface area contributed by atoms with Crippen LogP contribution in [0.15, 0.2) is 42.6 Å². The molecule has 0 atom stereocenters. The van der Waals surface area contributed by atoms with Crippen molar-refractivity contribution in [2.75, 3.05) is 7.11 Å². The lowest BCUT2D eigenvalue weighted by Crippen LogP contribution is -2.13. The molecule has 0 aliphatic carbocycles. The number of benzene rings is 1. The third-order valence-electron chi connectivity index (χ3n) is 3.55. The summed E-state index contributed by atoms with van der Waals surface area (Å²) in [5.74, 6) is -1.72. The number of alkyl halides is 3. The van der Waals surface area contributed by atoms with Crippen LogP contribution in [-0.4, -0.2) is 37.8 Å². The smallest absolute Gasteiger partial charge is 0.433 e. The van der Waals surface area contributed by atoms with Gasteiger partial charge in [-0.05, 0) is 6.07 Å². The summed E-state index contributed by atoms with van der Waals surface area (Å²) in [4.78, 5) is 29.3. The van der Waals surface area contributed by atoms with Gasteiger partial charge in [-0.15, -0.1) is 0 Å². The molecule has 0 bridgehead atoms. The van der Waals surface area contributed by atoms with Gasteiger partial charge in [0.15, 0.2) is 5.69 Å². The molecular formula is C16H10F3N5O4. The van der Waals surface area contributed by atoms with Gasteiger partial charge in [-0.2, -0.15) is 23.0 Å². The van der Waals surface area contributed by atoms with E-state index in [1.165, 1.54) is 12.1 Å². The highest BCUT2D eigenvalue weighted by molar-refractivity contribution is 5.91. The number of ether oxygens (including phenoxy) is 1. The first-order valence-corrected chi connectivity index (χ1v) is 7.55. The van der Waals surface area contributed by atoms with E-state index in [4.69, 9.17) is 0 Å². The van der Waals surface area contributed by atoms with Crippen molar-refractivity contribution in [2.45, 2.75) is 6.18 Å². The molecule has 144 valence electrons. The van der Waals surface area contributed by atoms with E-state index in [9.17, 15) is 28.1 Å². The van der Waals surface area contributed by atoms with E-state index in [0.717, 1.165) is 19.4 Å². The Hall–Kier alpha value is -3.83. The van der Waals surface area contributed by atoms with Crippen molar-refractivity contribution in [3.05, 3.63) is 64.1 Å². The highest BCUT2D eigenvalue weighted by atomic mass is 19.4. The van der Waals surface area contributed by atoms with Crippen LogP contribution in [0, 0.1) is 10.1 Å². The van der Waals surface area contributed by atoms with E-state index in [1.54, 1.807) is 18.2 Å². The molecule has 0 aliphatic heterocycles. The maximum atomic E-state index is 13.3. The van der Waals surface area contributed by atoms with Gasteiger partial charge < -0.3 is 4.74 Å². The van der Waals surface area contributed by atoms with Crippen LogP contribution in [0.3, 0.4) is 0 Å². The molecule has 0 amide bonds. The zero-order valence-corrected chi connectivity index (χ0v) is 14.0. The van der Waals surface area contributed by atoms with E-state index in [2.05, 4.69) is 19.8 Å². The minimum absolute atomic E-state index is 0.0734. The SMILES string of the molecule is COC(=O)c1nn(-c2nc(-c3ccccc3)cc(C(F)(F)F)n2)cc1[N+](=O)[O-]. The Morgan fingerprint density at radius 2 is 1.89 bits per heavy atom. The normalized spacial score (nSPS) is 11.3. The van der Waals surface area contributed by atoms with Gasteiger partial charge in [0.25, 0.3) is 5.95 Å². The number of aromatic nitrogens is 4. The number of carbonyl (C=O) groups is 1. The minimum atomic E-state index is -4.80. The molecule has 2 aromatic heterocycles. The van der Waals surface area contributed by atoms with Crippen LogP contribution in [0.25, 0.3) is 17.2 Å². The zero-order chi connectivity index (χ0) is 20.5. The Kier molecular flexibility index (Phi) is 4.78. The van der Waals surface area contributed by atoms with Gasteiger partial charge in [0.1, 0.15) is 6.20 Å². The summed E-state index contributed by atoms with van der Waals surface area (Å²) in [5.41, 5.74) is -2.42. The molecule has 28 heavy (non-hydrogen) atoms. The molecule has 3 aromatic rings. The Morgan fingerprint density at radius 1 is 1.21 bits per heavy atom. The molecule has 0 radical (unpaired) electrons. The topological polar surface area (TPSA) is 113 Å². The van der Waals surface area contributed by atoms with Crippen molar-refractivity contribution in [3.63, 3.8) is 0 Å². The average molecular weight is 393 g/mol. The third kappa shape index (κ3) is 3.65. The molecule has 0 saturated heterocycles. The van der Waals surface area contributed by atoms with E-state index in [-0.39, 0.29) is 5.69 Å². The van der Waals surface area contributed by atoms with Crippen LogP contribution in [0.2, 0.25) is 0 Å². The molecular weight excluding hydrogens is 383 g/mol. The van der Waals surface area contributed by atoms with E-state index >= 15 is 0 Å². The van der Waals surface area contributed by atoms with Crippen molar-refractivity contribution < 1.29 is 27.6 Å². The highest BCUT2D eigenvalue weighted by Crippen LogP contribution is 2.31. The highest BCUT2D eigenvalue weighted by Gasteiger charge is 2.35. The number of rotatable bonds is 4. The van der Waals surface area contributed by atoms with Gasteiger partial charge in [0.05, 0.1) is 17.7 Å². The minimum Gasteiger partial charge on any atom is -0.464 e. The van der Waals surface area contributed by atoms with Crippen molar-refractivity contribution in [1.29, 1.82) is 0 Å². The van der Waals surface area contributed by atoms with Gasteiger partial charge in [0.2, 0.25) is 5.69 Å². The number of hydrogen-bond donors (Lipinski definition) is 0. The molecule has 2 heterocycles. The van der Waals surface area contributed by atoms with Crippen molar-refractivity contribution in [1.82, 2.24) is 19.7 Å². The third-order valence-corrected chi connectivity index (χ3v) is 3.55. The van der Waals surface area contributed by atoms with Gasteiger partial charge in [-0.25, -0.2) is 14.8 Å². The maximum Gasteiger partial charge on any atom is 0.433 e. The van der Waals surface area contributed by atoms with E-state index < -0.39 is 40.1 Å². The summed E-state index contributed by atoms with van der Waals surface area (Å²) in [5, 5.41) is 14.8. The number of nitro groups is 1. The number of hydrogen-bond acceptors (Lipinski definition) is 7. The molecule has 0 unspecified atom stereocenters. The molecule has 3 rings (SSSR count). The fourth-order valence-electron chi connectivity index (χ4n) is 2.28. The van der Waals surface area contributed by atoms with Crippen molar-refractivity contribution >= 4 is 11.7 Å². The predicted molar refractivity (Wildman–Crippen MR) is 87.6 cm³/mol. The summed E-state index contributed by atoms with van der Waals surface area (Å²) < 4.78 is 44.9. The first-order chi connectivity index (χ1) is 13.2. The van der Waals surface area contributed by atoms with Crippen LogP contribution in [0.5, 0.6) is 0 Å². The van der Waals surface area contributed by atoms with Gasteiger partial charge in [0, 0.05) is 5.56 Å². The summed E-state index contributed by atoms with van der Waals surface area (Å²) in [6, 6.07) is 8.72. The number of esters is 1. The summed E-state index contributed by atoms with van der Waals surface area (Å²) in [6.45, 7) is 0. The predicted octanol–water partition coefficient (Wildman–Crippen LogP) is 3.04. The fourth-order valence-corrected chi connectivity index (χ4v) is 2.28. The fraction of sp³-hybridized carbons (Fsp3) is 0.125. The van der Waals surface area contributed by atoms with E-state index in [1.807, 2.05) is 0 Å². The van der Waals surface area contributed by atoms with Gasteiger partial charge in [-0.3, -0.25) is 10.1 Å². The lowest BCUT2D eigenvalue weighted by molar-refractivity contribution is -0.385. The Balaban J connectivity index is 2.22. The quantitative estimate of drug-likeness (QED) is 0.380. The molecule has 12 heteroatoms. The summed E-state index contributed by atoms with van der Waals surface area (Å²) >= 11 is 0. The monoisotopic (exact) mass is 393 g/mol. The number of nitrogens with zero attached hydrogens (tertiary/aromatic N) is 5. The van der Waals surface area contributed by atoms with Gasteiger partial charge >= 0.3 is 17.8 Å². The number of halogens is 3.